The Morgan fingerprint density at radius 3 is 1.91 bits per heavy atom. The molecule has 1 nitrogen and oxygen atoms in total. The third kappa shape index (κ3) is 3.87. The molecule has 64 valence electrons. The Labute approximate surface area is 70.2 Å². The van der Waals surface area contributed by atoms with Gasteiger partial charge in [0.05, 0.1) is 0 Å². The first-order valence-corrected chi connectivity index (χ1v) is 4.06. The minimum atomic E-state index is 0.506. The number of hydrogen-bond donors (Lipinski definition) is 1. The van der Waals surface area contributed by atoms with Crippen molar-refractivity contribution in [1.82, 2.24) is 5.32 Å². The molecule has 0 rings (SSSR count). The summed E-state index contributed by atoms with van der Waals surface area (Å²) in [5.41, 5.74) is 2.02. The first-order chi connectivity index (χ1) is 4.95. The van der Waals surface area contributed by atoms with Crippen LogP contribution in [0, 0.1) is 11.8 Å². The molecule has 0 bridgehead atoms. The van der Waals surface area contributed by atoms with Gasteiger partial charge in [-0.25, -0.2) is 0 Å². The van der Waals surface area contributed by atoms with Crippen LogP contribution in [0.2, 0.25) is 0 Å². The summed E-state index contributed by atoms with van der Waals surface area (Å²) in [4.78, 5) is 0. The molecule has 0 aliphatic rings. The molecule has 1 unspecified atom stereocenters. The van der Waals surface area contributed by atoms with Gasteiger partial charge in [-0.3, -0.25) is 0 Å². The summed E-state index contributed by atoms with van der Waals surface area (Å²) in [6.07, 6.45) is 0. The van der Waals surface area contributed by atoms with E-state index in [0.29, 0.717) is 11.8 Å². The normalized spacial score (nSPS) is 12.8. The van der Waals surface area contributed by atoms with Crippen LogP contribution < -0.4 is 5.32 Å². The van der Waals surface area contributed by atoms with Crippen molar-refractivity contribution in [3.05, 3.63) is 24.6 Å². The summed E-state index contributed by atoms with van der Waals surface area (Å²) in [5.74, 6) is 1.14. The Hall–Kier alpha value is -0.720. The van der Waals surface area contributed by atoms with E-state index in [2.05, 4.69) is 39.2 Å². The molecule has 0 aromatic rings. The SMILES string of the molecule is C=C(C)NC(=C)C(C)C(C)C. The molecule has 0 aliphatic carbocycles. The van der Waals surface area contributed by atoms with E-state index < -0.39 is 0 Å². The summed E-state index contributed by atoms with van der Waals surface area (Å²) in [6, 6.07) is 0. The maximum atomic E-state index is 3.94. The van der Waals surface area contributed by atoms with E-state index in [1.54, 1.807) is 0 Å². The van der Waals surface area contributed by atoms with Crippen molar-refractivity contribution < 1.29 is 0 Å². The molecular formula is C10H19N. The average molecular weight is 153 g/mol. The van der Waals surface area contributed by atoms with Gasteiger partial charge in [0, 0.05) is 11.4 Å². The van der Waals surface area contributed by atoms with Crippen molar-refractivity contribution in [3.8, 4) is 0 Å². The fourth-order valence-electron chi connectivity index (χ4n) is 0.790. The maximum absolute atomic E-state index is 3.94. The van der Waals surface area contributed by atoms with Gasteiger partial charge >= 0.3 is 0 Å². The van der Waals surface area contributed by atoms with Gasteiger partial charge in [-0.2, -0.15) is 0 Å². The van der Waals surface area contributed by atoms with Gasteiger partial charge in [-0.05, 0) is 18.8 Å². The van der Waals surface area contributed by atoms with Crippen molar-refractivity contribution in [3.63, 3.8) is 0 Å². The number of rotatable bonds is 4. The predicted molar refractivity (Wildman–Crippen MR) is 51.1 cm³/mol. The summed E-state index contributed by atoms with van der Waals surface area (Å²) in [6.45, 7) is 16.2. The third-order valence-electron chi connectivity index (χ3n) is 1.92. The van der Waals surface area contributed by atoms with Gasteiger partial charge in [0.2, 0.25) is 0 Å². The topological polar surface area (TPSA) is 12.0 Å². The fraction of sp³-hybridized carbons (Fsp3) is 0.600. The van der Waals surface area contributed by atoms with Gasteiger partial charge in [-0.1, -0.05) is 33.9 Å². The van der Waals surface area contributed by atoms with E-state index in [0.717, 1.165) is 11.4 Å². The van der Waals surface area contributed by atoms with Crippen LogP contribution in [0.3, 0.4) is 0 Å². The molecule has 0 aromatic carbocycles. The lowest BCUT2D eigenvalue weighted by Gasteiger charge is -2.19. The number of hydrogen-bond acceptors (Lipinski definition) is 1. The zero-order chi connectivity index (χ0) is 9.02. The van der Waals surface area contributed by atoms with Crippen molar-refractivity contribution in [2.45, 2.75) is 27.7 Å². The minimum absolute atomic E-state index is 0.506. The van der Waals surface area contributed by atoms with E-state index in [9.17, 15) is 0 Å². The zero-order valence-corrected chi connectivity index (χ0v) is 8.07. The molecule has 0 saturated carbocycles. The smallest absolute Gasteiger partial charge is 0.0106 e. The molecule has 0 aliphatic heterocycles. The Kier molecular flexibility index (Phi) is 3.94. The van der Waals surface area contributed by atoms with Gasteiger partial charge in [0.1, 0.15) is 0 Å². The molecule has 1 atom stereocenters. The Morgan fingerprint density at radius 1 is 1.18 bits per heavy atom. The van der Waals surface area contributed by atoms with Crippen molar-refractivity contribution in [2.24, 2.45) is 11.8 Å². The van der Waals surface area contributed by atoms with E-state index in [-0.39, 0.29) is 0 Å². The lowest BCUT2D eigenvalue weighted by Crippen LogP contribution is -2.18. The average Bonchev–Trinajstić information content (AvgIpc) is 1.84. The highest BCUT2D eigenvalue weighted by Gasteiger charge is 2.09. The molecular weight excluding hydrogens is 134 g/mol. The largest absolute Gasteiger partial charge is 0.363 e. The van der Waals surface area contributed by atoms with Crippen LogP contribution in [0.25, 0.3) is 0 Å². The van der Waals surface area contributed by atoms with Crippen molar-refractivity contribution >= 4 is 0 Å². The van der Waals surface area contributed by atoms with Crippen LogP contribution in [0.15, 0.2) is 24.6 Å². The first-order valence-electron chi connectivity index (χ1n) is 4.06. The predicted octanol–water partition coefficient (Wildman–Crippen LogP) is 2.92. The summed E-state index contributed by atoms with van der Waals surface area (Å²) >= 11 is 0. The van der Waals surface area contributed by atoms with Crippen LogP contribution in [0.5, 0.6) is 0 Å². The lowest BCUT2D eigenvalue weighted by molar-refractivity contribution is 0.463. The van der Waals surface area contributed by atoms with E-state index in [4.69, 9.17) is 0 Å². The zero-order valence-electron chi connectivity index (χ0n) is 8.07. The maximum Gasteiger partial charge on any atom is 0.0106 e. The molecule has 1 N–H and O–H groups in total. The molecule has 0 spiro atoms. The van der Waals surface area contributed by atoms with E-state index in [1.807, 2.05) is 6.92 Å². The van der Waals surface area contributed by atoms with Crippen molar-refractivity contribution in [1.29, 1.82) is 0 Å². The quantitative estimate of drug-likeness (QED) is 0.654. The number of allylic oxidation sites excluding steroid dienone is 2. The molecule has 0 amide bonds. The van der Waals surface area contributed by atoms with E-state index >= 15 is 0 Å². The van der Waals surface area contributed by atoms with Crippen LogP contribution in [-0.4, -0.2) is 0 Å². The van der Waals surface area contributed by atoms with Crippen LogP contribution in [0.4, 0.5) is 0 Å². The van der Waals surface area contributed by atoms with Crippen LogP contribution >= 0.6 is 0 Å². The second kappa shape index (κ2) is 4.22. The van der Waals surface area contributed by atoms with Gasteiger partial charge in [0.25, 0.3) is 0 Å². The van der Waals surface area contributed by atoms with Gasteiger partial charge in [0.15, 0.2) is 0 Å². The second-order valence-corrected chi connectivity index (χ2v) is 3.46. The second-order valence-electron chi connectivity index (χ2n) is 3.46. The van der Waals surface area contributed by atoms with Crippen molar-refractivity contribution in [2.75, 3.05) is 0 Å². The molecule has 0 saturated heterocycles. The van der Waals surface area contributed by atoms with Crippen LogP contribution in [-0.2, 0) is 0 Å². The fourth-order valence-corrected chi connectivity index (χ4v) is 0.790. The monoisotopic (exact) mass is 153 g/mol. The summed E-state index contributed by atoms with van der Waals surface area (Å²) < 4.78 is 0. The highest BCUT2D eigenvalue weighted by Crippen LogP contribution is 2.16. The summed E-state index contributed by atoms with van der Waals surface area (Å²) in [7, 11) is 0. The molecule has 11 heavy (non-hydrogen) atoms. The highest BCUT2D eigenvalue weighted by atomic mass is 14.9. The Balaban J connectivity index is 3.93. The minimum Gasteiger partial charge on any atom is -0.363 e. The third-order valence-corrected chi connectivity index (χ3v) is 1.92. The lowest BCUT2D eigenvalue weighted by atomic mass is 9.95. The molecule has 1 heteroatoms. The molecule has 0 fully saturated rings. The molecule has 0 aromatic heterocycles. The summed E-state index contributed by atoms with van der Waals surface area (Å²) in [5, 5.41) is 3.13. The molecule has 0 radical (unpaired) electrons. The van der Waals surface area contributed by atoms with Gasteiger partial charge in [-0.15, -0.1) is 0 Å². The number of nitrogens with one attached hydrogen (secondary N) is 1. The van der Waals surface area contributed by atoms with Crippen LogP contribution in [0.1, 0.15) is 27.7 Å². The Morgan fingerprint density at radius 2 is 1.64 bits per heavy atom. The molecule has 0 heterocycles. The Bertz CT molecular complexity index is 156. The van der Waals surface area contributed by atoms with E-state index in [1.165, 1.54) is 0 Å². The van der Waals surface area contributed by atoms with Gasteiger partial charge < -0.3 is 5.32 Å². The first kappa shape index (κ1) is 10.3. The highest BCUT2D eigenvalue weighted by molar-refractivity contribution is 5.05. The standard InChI is InChI=1S/C10H19N/c1-7(2)9(5)10(6)11-8(3)4/h7,9,11H,3,6H2,1-2,4-5H3.